The van der Waals surface area contributed by atoms with Gasteiger partial charge in [-0.3, -0.25) is 0 Å². The van der Waals surface area contributed by atoms with Gasteiger partial charge in [-0.2, -0.15) is 0 Å². The molecule has 1 aromatic carbocycles. The van der Waals surface area contributed by atoms with Gasteiger partial charge in [0.1, 0.15) is 5.82 Å². The van der Waals surface area contributed by atoms with Gasteiger partial charge < -0.3 is 10.2 Å². The number of hydrogen-bond donors (Lipinski definition) is 1. The van der Waals surface area contributed by atoms with Crippen LogP contribution in [0.1, 0.15) is 35.0 Å². The Morgan fingerprint density at radius 1 is 1.38 bits per heavy atom. The quantitative estimate of drug-likeness (QED) is 0.919. The summed E-state index contributed by atoms with van der Waals surface area (Å²) in [6.45, 7) is 0.898. The van der Waals surface area contributed by atoms with Crippen LogP contribution >= 0.6 is 11.3 Å². The molecular weight excluding hydrogens is 285 g/mol. The molecule has 5 heteroatoms. The summed E-state index contributed by atoms with van der Waals surface area (Å²) in [6, 6.07) is 5.45. The Bertz CT molecular complexity index is 682. The number of thiazole rings is 1. The maximum Gasteiger partial charge on any atom is 0.190 e. The molecule has 1 aliphatic heterocycles. The van der Waals surface area contributed by atoms with Crippen molar-refractivity contribution in [2.24, 2.45) is 0 Å². The molecule has 0 radical (unpaired) electrons. The zero-order chi connectivity index (χ0) is 14.4. The monoisotopic (exact) mass is 303 g/mol. The van der Waals surface area contributed by atoms with Crippen LogP contribution in [0.15, 0.2) is 18.2 Å². The van der Waals surface area contributed by atoms with Crippen molar-refractivity contribution >= 4 is 22.2 Å². The molecule has 1 aromatic heterocycles. The van der Waals surface area contributed by atoms with E-state index in [1.165, 1.54) is 22.6 Å². The summed E-state index contributed by atoms with van der Waals surface area (Å²) in [7, 11) is 2.00. The standard InChI is InChI=1S/C16H18FN3S/c1-18-12-3-2-4-14-15(12)19-16(21-14)20-8-7-10-5-6-11(17)9-13(10)20/h5-6,9,12,18H,2-4,7-8H2,1H3. The first-order valence-electron chi connectivity index (χ1n) is 7.49. The summed E-state index contributed by atoms with van der Waals surface area (Å²) in [5.74, 6) is -0.171. The summed E-state index contributed by atoms with van der Waals surface area (Å²) < 4.78 is 13.5. The van der Waals surface area contributed by atoms with E-state index in [2.05, 4.69) is 10.2 Å². The number of anilines is 2. The average molecular weight is 303 g/mol. The van der Waals surface area contributed by atoms with Gasteiger partial charge in [-0.1, -0.05) is 6.07 Å². The van der Waals surface area contributed by atoms with E-state index in [9.17, 15) is 4.39 Å². The predicted molar refractivity (Wildman–Crippen MR) is 84.0 cm³/mol. The number of aryl methyl sites for hydroxylation is 1. The summed E-state index contributed by atoms with van der Waals surface area (Å²) in [5, 5.41) is 4.38. The Balaban J connectivity index is 1.73. The second kappa shape index (κ2) is 5.07. The fraction of sp³-hybridized carbons (Fsp3) is 0.438. The van der Waals surface area contributed by atoms with Crippen LogP contribution in [0.4, 0.5) is 15.2 Å². The van der Waals surface area contributed by atoms with Crippen LogP contribution in [0.25, 0.3) is 0 Å². The van der Waals surface area contributed by atoms with Crippen molar-refractivity contribution in [1.82, 2.24) is 10.3 Å². The lowest BCUT2D eigenvalue weighted by Gasteiger charge is -2.20. The van der Waals surface area contributed by atoms with Gasteiger partial charge >= 0.3 is 0 Å². The molecule has 0 saturated heterocycles. The fourth-order valence-corrected chi connectivity index (χ4v) is 4.56. The van der Waals surface area contributed by atoms with Gasteiger partial charge in [-0.15, -0.1) is 11.3 Å². The van der Waals surface area contributed by atoms with Crippen LogP contribution in [0, 0.1) is 5.82 Å². The van der Waals surface area contributed by atoms with Crippen LogP contribution in [-0.4, -0.2) is 18.6 Å². The van der Waals surface area contributed by atoms with Gasteiger partial charge in [0.15, 0.2) is 5.13 Å². The van der Waals surface area contributed by atoms with E-state index in [0.717, 1.165) is 36.6 Å². The van der Waals surface area contributed by atoms with E-state index < -0.39 is 0 Å². The van der Waals surface area contributed by atoms with Crippen molar-refractivity contribution in [3.05, 3.63) is 40.2 Å². The molecule has 0 spiro atoms. The van der Waals surface area contributed by atoms with Crippen LogP contribution in [0.2, 0.25) is 0 Å². The van der Waals surface area contributed by atoms with E-state index in [-0.39, 0.29) is 5.82 Å². The van der Waals surface area contributed by atoms with Crippen molar-refractivity contribution in [1.29, 1.82) is 0 Å². The number of fused-ring (bicyclic) bond motifs is 2. The Morgan fingerprint density at radius 2 is 2.29 bits per heavy atom. The molecule has 1 N–H and O–H groups in total. The summed E-state index contributed by atoms with van der Waals surface area (Å²) in [5.41, 5.74) is 3.41. The van der Waals surface area contributed by atoms with Gasteiger partial charge in [0.2, 0.25) is 0 Å². The molecule has 2 aliphatic rings. The third kappa shape index (κ3) is 2.15. The Labute approximate surface area is 127 Å². The minimum Gasteiger partial charge on any atom is -0.317 e. The smallest absolute Gasteiger partial charge is 0.190 e. The van der Waals surface area contributed by atoms with E-state index >= 15 is 0 Å². The van der Waals surface area contributed by atoms with E-state index in [1.54, 1.807) is 23.5 Å². The first-order chi connectivity index (χ1) is 10.3. The molecule has 1 aliphatic carbocycles. The number of benzene rings is 1. The largest absolute Gasteiger partial charge is 0.317 e. The minimum atomic E-state index is -0.171. The average Bonchev–Trinajstić information content (AvgIpc) is 3.09. The number of aromatic nitrogens is 1. The van der Waals surface area contributed by atoms with Crippen LogP contribution in [0.5, 0.6) is 0 Å². The number of halogens is 1. The highest BCUT2D eigenvalue weighted by Gasteiger charge is 2.28. The SMILES string of the molecule is CNC1CCCc2sc(N3CCc4ccc(F)cc43)nc21. The van der Waals surface area contributed by atoms with E-state index in [4.69, 9.17) is 4.98 Å². The molecule has 0 saturated carbocycles. The predicted octanol–water partition coefficient (Wildman–Crippen LogP) is 3.57. The Hall–Kier alpha value is -1.46. The number of hydrogen-bond acceptors (Lipinski definition) is 4. The van der Waals surface area contributed by atoms with Crippen LogP contribution in [0.3, 0.4) is 0 Å². The highest BCUT2D eigenvalue weighted by molar-refractivity contribution is 7.15. The Morgan fingerprint density at radius 3 is 3.14 bits per heavy atom. The maximum atomic E-state index is 13.5. The summed E-state index contributed by atoms with van der Waals surface area (Å²) in [6.07, 6.45) is 4.45. The number of nitrogens with one attached hydrogen (secondary N) is 1. The van der Waals surface area contributed by atoms with Crippen molar-refractivity contribution in [3.8, 4) is 0 Å². The molecule has 2 aromatic rings. The summed E-state index contributed by atoms with van der Waals surface area (Å²) in [4.78, 5) is 8.44. The molecule has 0 bridgehead atoms. The molecule has 3 nitrogen and oxygen atoms in total. The lowest BCUT2D eigenvalue weighted by Crippen LogP contribution is -2.21. The molecule has 21 heavy (non-hydrogen) atoms. The van der Waals surface area contributed by atoms with Gasteiger partial charge in [-0.05, 0) is 50.4 Å². The van der Waals surface area contributed by atoms with Crippen molar-refractivity contribution in [2.45, 2.75) is 31.7 Å². The van der Waals surface area contributed by atoms with E-state index in [0.29, 0.717) is 6.04 Å². The first-order valence-corrected chi connectivity index (χ1v) is 8.31. The van der Waals surface area contributed by atoms with Gasteiger partial charge in [0.25, 0.3) is 0 Å². The second-order valence-electron chi connectivity index (χ2n) is 5.71. The minimum absolute atomic E-state index is 0.171. The number of nitrogens with zero attached hydrogens (tertiary/aromatic N) is 2. The molecule has 1 unspecified atom stereocenters. The van der Waals surface area contributed by atoms with Crippen LogP contribution in [-0.2, 0) is 12.8 Å². The van der Waals surface area contributed by atoms with Gasteiger partial charge in [0, 0.05) is 17.1 Å². The zero-order valence-corrected chi connectivity index (χ0v) is 12.8. The third-order valence-electron chi connectivity index (χ3n) is 4.47. The molecular formula is C16H18FN3S. The lowest BCUT2D eigenvalue weighted by atomic mass is 9.98. The zero-order valence-electron chi connectivity index (χ0n) is 12.0. The topological polar surface area (TPSA) is 28.2 Å². The number of rotatable bonds is 2. The fourth-order valence-electron chi connectivity index (χ4n) is 3.35. The highest BCUT2D eigenvalue weighted by Crippen LogP contribution is 2.41. The molecule has 1 atom stereocenters. The van der Waals surface area contributed by atoms with Crippen molar-refractivity contribution < 1.29 is 4.39 Å². The molecule has 2 heterocycles. The first kappa shape index (κ1) is 13.2. The molecule has 0 fully saturated rings. The maximum absolute atomic E-state index is 13.5. The second-order valence-corrected chi connectivity index (χ2v) is 6.78. The molecule has 0 amide bonds. The summed E-state index contributed by atoms with van der Waals surface area (Å²) >= 11 is 1.77. The van der Waals surface area contributed by atoms with Crippen molar-refractivity contribution in [3.63, 3.8) is 0 Å². The van der Waals surface area contributed by atoms with Crippen LogP contribution < -0.4 is 10.2 Å². The molecule has 110 valence electrons. The highest BCUT2D eigenvalue weighted by atomic mass is 32.1. The normalized spacial score (nSPS) is 20.5. The van der Waals surface area contributed by atoms with Gasteiger partial charge in [0.05, 0.1) is 11.7 Å². The van der Waals surface area contributed by atoms with Crippen molar-refractivity contribution in [2.75, 3.05) is 18.5 Å². The Kier molecular flexibility index (Phi) is 3.19. The lowest BCUT2D eigenvalue weighted by molar-refractivity contribution is 0.490. The molecule has 4 rings (SSSR count). The van der Waals surface area contributed by atoms with Gasteiger partial charge in [-0.25, -0.2) is 9.37 Å². The van der Waals surface area contributed by atoms with E-state index in [1.807, 2.05) is 13.1 Å². The third-order valence-corrected chi connectivity index (χ3v) is 5.62.